The topological polar surface area (TPSA) is 26.3 Å². The molecule has 0 atom stereocenters. The Labute approximate surface area is 100 Å². The SMILES string of the molecule is CC(=O)OC[B-](F)(F)F.[H-].[K+]. The Bertz CT molecular complexity index is 120. The van der Waals surface area contributed by atoms with E-state index < -0.39 is 19.5 Å². The Morgan fingerprint density at radius 3 is 2.10 bits per heavy atom. The van der Waals surface area contributed by atoms with Gasteiger partial charge in [0.1, 0.15) is 0 Å². The van der Waals surface area contributed by atoms with Crippen LogP contribution in [0.25, 0.3) is 0 Å². The summed E-state index contributed by atoms with van der Waals surface area (Å²) in [6, 6.07) is 0. The summed E-state index contributed by atoms with van der Waals surface area (Å²) in [6.45, 7) is -5.48. The van der Waals surface area contributed by atoms with Gasteiger partial charge in [-0.3, -0.25) is 4.79 Å². The van der Waals surface area contributed by atoms with Crippen LogP contribution >= 0.6 is 0 Å². The van der Waals surface area contributed by atoms with Crippen molar-refractivity contribution < 1.29 is 75.3 Å². The third-order valence-corrected chi connectivity index (χ3v) is 0.476. The molecule has 0 bridgehead atoms. The summed E-state index contributed by atoms with van der Waals surface area (Å²) >= 11 is 0. The second-order valence-corrected chi connectivity index (χ2v) is 1.51. The van der Waals surface area contributed by atoms with E-state index in [2.05, 4.69) is 4.74 Å². The normalized spacial score (nSPS) is 10.0. The predicted octanol–water partition coefficient (Wildman–Crippen LogP) is -1.95. The zero-order valence-corrected chi connectivity index (χ0v) is 8.86. The molecule has 0 amide bonds. The van der Waals surface area contributed by atoms with Crippen LogP contribution in [0.2, 0.25) is 0 Å². The van der Waals surface area contributed by atoms with Crippen molar-refractivity contribution in [2.75, 3.05) is 6.51 Å². The molecule has 0 unspecified atom stereocenters. The molecule has 0 rings (SSSR count). The zero-order valence-electron chi connectivity index (χ0n) is 6.73. The molecule has 0 radical (unpaired) electrons. The van der Waals surface area contributed by atoms with Crippen LogP contribution in [-0.4, -0.2) is 19.5 Å². The molecule has 0 N–H and O–H groups in total. The van der Waals surface area contributed by atoms with Crippen LogP contribution in [0.4, 0.5) is 12.9 Å². The minimum Gasteiger partial charge on any atom is -1.00 e. The van der Waals surface area contributed by atoms with Crippen LogP contribution in [-0.2, 0) is 9.53 Å². The van der Waals surface area contributed by atoms with Crippen molar-refractivity contribution in [3.63, 3.8) is 0 Å². The van der Waals surface area contributed by atoms with Crippen LogP contribution in [0.5, 0.6) is 0 Å². The molecule has 0 aromatic rings. The number of carbonyl (C=O) groups is 1. The summed E-state index contributed by atoms with van der Waals surface area (Å²) in [6.07, 6.45) is 0. The van der Waals surface area contributed by atoms with Gasteiger partial charge in [-0.2, -0.15) is 0 Å². The molecule has 0 aliphatic heterocycles. The zero-order chi connectivity index (χ0) is 7.49. The Morgan fingerprint density at radius 1 is 1.60 bits per heavy atom. The second kappa shape index (κ2) is 5.59. The van der Waals surface area contributed by atoms with Gasteiger partial charge in [-0.25, -0.2) is 0 Å². The summed E-state index contributed by atoms with van der Waals surface area (Å²) in [4.78, 5) is 9.78. The van der Waals surface area contributed by atoms with Crippen LogP contribution < -0.4 is 51.4 Å². The third kappa shape index (κ3) is 11.7. The molecule has 0 saturated carbocycles. The van der Waals surface area contributed by atoms with E-state index in [4.69, 9.17) is 0 Å². The van der Waals surface area contributed by atoms with E-state index in [0.29, 0.717) is 0 Å². The minimum absolute atomic E-state index is 0. The molecule has 0 fully saturated rings. The molecule has 0 aromatic heterocycles. The summed E-state index contributed by atoms with van der Waals surface area (Å²) in [7, 11) is 0. The maximum Gasteiger partial charge on any atom is 1.00 e. The van der Waals surface area contributed by atoms with Crippen molar-refractivity contribution in [2.45, 2.75) is 6.92 Å². The summed E-state index contributed by atoms with van der Waals surface area (Å²) in [5.74, 6) is -0.908. The van der Waals surface area contributed by atoms with Gasteiger partial charge < -0.3 is 19.1 Å². The standard InChI is InChI=1S/C3H5BF3O2.K.H/c1-3(8)9-2-4(5,6)7;;/h2H2,1H3;;/q-1;+1;-1. The fourth-order valence-electron chi connectivity index (χ4n) is 0.212. The summed E-state index contributed by atoms with van der Waals surface area (Å²) < 4.78 is 37.3. The molecule has 0 saturated heterocycles. The molecule has 2 nitrogen and oxygen atoms in total. The van der Waals surface area contributed by atoms with Gasteiger partial charge in [-0.15, -0.1) is 0 Å². The van der Waals surface area contributed by atoms with Crippen LogP contribution in [0.1, 0.15) is 8.35 Å². The quantitative estimate of drug-likeness (QED) is 0.365. The summed E-state index contributed by atoms with van der Waals surface area (Å²) in [5.41, 5.74) is 0. The van der Waals surface area contributed by atoms with Crippen molar-refractivity contribution in [1.29, 1.82) is 0 Å². The van der Waals surface area contributed by atoms with Crippen molar-refractivity contribution in [3.05, 3.63) is 0 Å². The van der Waals surface area contributed by atoms with Gasteiger partial charge in [0.15, 0.2) is 0 Å². The molecule has 10 heavy (non-hydrogen) atoms. The molecule has 0 aliphatic carbocycles. The van der Waals surface area contributed by atoms with Crippen molar-refractivity contribution in [1.82, 2.24) is 0 Å². The number of rotatable bonds is 2. The van der Waals surface area contributed by atoms with Crippen LogP contribution in [0, 0.1) is 0 Å². The van der Waals surface area contributed by atoms with Gasteiger partial charge in [-0.1, -0.05) is 0 Å². The molecular weight excluding hydrogens is 175 g/mol. The van der Waals surface area contributed by atoms with Gasteiger partial charge in [0.05, 0.1) is 6.51 Å². The maximum absolute atomic E-state index is 11.2. The van der Waals surface area contributed by atoms with E-state index in [0.717, 1.165) is 6.92 Å². The Balaban J connectivity index is -0.000000320. The first-order chi connectivity index (χ1) is 3.92. The number of halogens is 3. The van der Waals surface area contributed by atoms with Crippen molar-refractivity contribution in [2.24, 2.45) is 0 Å². The maximum atomic E-state index is 11.2. The van der Waals surface area contributed by atoms with Crippen LogP contribution in [0.3, 0.4) is 0 Å². The third-order valence-electron chi connectivity index (χ3n) is 0.476. The number of esters is 1. The largest absolute Gasteiger partial charge is 1.00 e. The van der Waals surface area contributed by atoms with Crippen molar-refractivity contribution in [3.8, 4) is 0 Å². The fourth-order valence-corrected chi connectivity index (χ4v) is 0.212. The van der Waals surface area contributed by atoms with E-state index in [1.165, 1.54) is 0 Å². The number of hydrogen-bond donors (Lipinski definition) is 0. The smallest absolute Gasteiger partial charge is 1.00 e. The van der Waals surface area contributed by atoms with E-state index in [9.17, 15) is 17.7 Å². The monoisotopic (exact) mass is 181 g/mol. The number of ether oxygens (including phenoxy) is 1. The average Bonchev–Trinajstić information content (AvgIpc) is 1.59. The molecule has 0 heterocycles. The Hall–Kier alpha value is 0.961. The number of carbonyl (C=O) groups excluding carboxylic acids is 1. The molecule has 0 spiro atoms. The van der Waals surface area contributed by atoms with E-state index in [1.807, 2.05) is 0 Å². The second-order valence-electron chi connectivity index (χ2n) is 1.51. The van der Waals surface area contributed by atoms with E-state index >= 15 is 0 Å². The van der Waals surface area contributed by atoms with E-state index in [1.54, 1.807) is 0 Å². The molecular formula is C3H6BF3KO2-. The van der Waals surface area contributed by atoms with E-state index in [-0.39, 0.29) is 52.8 Å². The van der Waals surface area contributed by atoms with Gasteiger partial charge >= 0.3 is 58.4 Å². The fraction of sp³-hybridized carbons (Fsp3) is 0.667. The van der Waals surface area contributed by atoms with Crippen LogP contribution in [0.15, 0.2) is 0 Å². The Kier molecular flexibility index (Phi) is 7.57. The predicted molar refractivity (Wildman–Crippen MR) is 26.8 cm³/mol. The van der Waals surface area contributed by atoms with Gasteiger partial charge in [0.25, 0.3) is 5.97 Å². The first kappa shape index (κ1) is 13.5. The molecule has 0 aliphatic rings. The number of hydrogen-bond acceptors (Lipinski definition) is 2. The van der Waals surface area contributed by atoms with Gasteiger partial charge in [0, 0.05) is 6.92 Å². The van der Waals surface area contributed by atoms with Gasteiger partial charge in [-0.05, 0) is 0 Å². The molecule has 7 heteroatoms. The Morgan fingerprint density at radius 2 is 2.00 bits per heavy atom. The average molecular weight is 181 g/mol. The summed E-state index contributed by atoms with van der Waals surface area (Å²) in [5, 5.41) is 0. The van der Waals surface area contributed by atoms with Gasteiger partial charge in [0.2, 0.25) is 0 Å². The molecule has 56 valence electrons. The minimum atomic E-state index is -4.97. The first-order valence-corrected chi connectivity index (χ1v) is 2.26. The molecule has 0 aromatic carbocycles. The van der Waals surface area contributed by atoms with Crippen molar-refractivity contribution >= 4 is 12.9 Å². The first-order valence-electron chi connectivity index (χ1n) is 2.26.